The normalized spacial score (nSPS) is 18.4. The van der Waals surface area contributed by atoms with Gasteiger partial charge in [0.1, 0.15) is 5.82 Å². The zero-order valence-electron chi connectivity index (χ0n) is 10.4. The molecule has 3 nitrogen and oxygen atoms in total. The lowest BCUT2D eigenvalue weighted by Crippen LogP contribution is -2.29. The molecule has 0 unspecified atom stereocenters. The minimum atomic E-state index is 0.706. The van der Waals surface area contributed by atoms with E-state index >= 15 is 0 Å². The van der Waals surface area contributed by atoms with Crippen molar-refractivity contribution in [2.45, 2.75) is 39.5 Å². The largest absolute Gasteiger partial charge is 0.346 e. The summed E-state index contributed by atoms with van der Waals surface area (Å²) in [6.07, 6.45) is 4.52. The summed E-state index contributed by atoms with van der Waals surface area (Å²) in [7, 11) is 2.19. The number of aromatic amines is 1. The van der Waals surface area contributed by atoms with Gasteiger partial charge >= 0.3 is 0 Å². The van der Waals surface area contributed by atoms with Crippen LogP contribution in [0.2, 0.25) is 0 Å². The highest BCUT2D eigenvalue weighted by molar-refractivity contribution is 5.08. The van der Waals surface area contributed by atoms with Crippen LogP contribution in [-0.2, 0) is 0 Å². The van der Waals surface area contributed by atoms with Crippen molar-refractivity contribution >= 4 is 0 Å². The summed E-state index contributed by atoms with van der Waals surface area (Å²) < 4.78 is 0. The van der Waals surface area contributed by atoms with Crippen molar-refractivity contribution in [2.75, 3.05) is 20.1 Å². The second kappa shape index (κ2) is 5.91. The molecular weight excluding hydrogens is 186 g/mol. The number of aryl methyl sites for hydroxylation is 1. The van der Waals surface area contributed by atoms with Crippen LogP contribution in [0.15, 0.2) is 6.20 Å². The van der Waals surface area contributed by atoms with Crippen molar-refractivity contribution in [3.05, 3.63) is 17.7 Å². The van der Waals surface area contributed by atoms with Crippen LogP contribution in [0.4, 0.5) is 0 Å². The Morgan fingerprint density at radius 1 is 1.33 bits per heavy atom. The quantitative estimate of drug-likeness (QED) is 0.771. The molecule has 0 saturated carbocycles. The van der Waals surface area contributed by atoms with Crippen LogP contribution < -0.4 is 0 Å². The van der Waals surface area contributed by atoms with Crippen LogP contribution in [0.3, 0.4) is 0 Å². The number of rotatable bonds is 1. The maximum absolute atomic E-state index is 4.24. The standard InChI is InChI=1S/C10H17N3.C2H6/c1-8-11-7-10(12-8)9-3-5-13(2)6-4-9;1-2/h7,9H,3-6H2,1-2H3,(H,11,12);1-2H3. The Kier molecular flexibility index (Phi) is 4.82. The molecule has 0 amide bonds. The van der Waals surface area contributed by atoms with E-state index < -0.39 is 0 Å². The van der Waals surface area contributed by atoms with Gasteiger partial charge in [0.2, 0.25) is 0 Å². The highest BCUT2D eigenvalue weighted by Crippen LogP contribution is 2.25. The Hall–Kier alpha value is -0.830. The lowest BCUT2D eigenvalue weighted by molar-refractivity contribution is 0.253. The fourth-order valence-electron chi connectivity index (χ4n) is 1.97. The van der Waals surface area contributed by atoms with E-state index in [0.29, 0.717) is 5.92 Å². The summed E-state index contributed by atoms with van der Waals surface area (Å²) in [5.74, 6) is 1.74. The highest BCUT2D eigenvalue weighted by atomic mass is 15.1. The number of H-pyrrole nitrogens is 1. The molecule has 1 aliphatic rings. The van der Waals surface area contributed by atoms with E-state index in [1.54, 1.807) is 0 Å². The third-order valence-electron chi connectivity index (χ3n) is 2.88. The summed E-state index contributed by atoms with van der Waals surface area (Å²) in [6.45, 7) is 8.43. The number of aromatic nitrogens is 2. The van der Waals surface area contributed by atoms with E-state index in [1.807, 2.05) is 27.0 Å². The lowest BCUT2D eigenvalue weighted by atomic mass is 9.94. The van der Waals surface area contributed by atoms with E-state index in [9.17, 15) is 0 Å². The van der Waals surface area contributed by atoms with Gasteiger partial charge in [0, 0.05) is 17.8 Å². The van der Waals surface area contributed by atoms with Gasteiger partial charge < -0.3 is 9.88 Å². The van der Waals surface area contributed by atoms with Crippen LogP contribution >= 0.6 is 0 Å². The fourth-order valence-corrected chi connectivity index (χ4v) is 1.97. The molecule has 2 rings (SSSR count). The Labute approximate surface area is 92.9 Å². The van der Waals surface area contributed by atoms with E-state index in [0.717, 1.165) is 5.82 Å². The van der Waals surface area contributed by atoms with E-state index in [4.69, 9.17) is 0 Å². The molecule has 86 valence electrons. The Balaban J connectivity index is 0.000000531. The van der Waals surface area contributed by atoms with Crippen molar-refractivity contribution in [1.29, 1.82) is 0 Å². The third kappa shape index (κ3) is 3.34. The molecule has 0 aliphatic carbocycles. The van der Waals surface area contributed by atoms with E-state index in [2.05, 4.69) is 21.9 Å². The van der Waals surface area contributed by atoms with Crippen LogP contribution in [0, 0.1) is 6.92 Å². The predicted octanol–water partition coefficient (Wildman–Crippen LogP) is 2.55. The van der Waals surface area contributed by atoms with Crippen molar-refractivity contribution < 1.29 is 0 Å². The number of hydrogen-bond acceptors (Lipinski definition) is 2. The third-order valence-corrected chi connectivity index (χ3v) is 2.88. The molecule has 0 radical (unpaired) electrons. The van der Waals surface area contributed by atoms with Gasteiger partial charge in [-0.05, 0) is 39.9 Å². The molecule has 1 saturated heterocycles. The smallest absolute Gasteiger partial charge is 0.103 e. The number of piperidine rings is 1. The van der Waals surface area contributed by atoms with Gasteiger partial charge in [0.05, 0.1) is 0 Å². The first-order valence-electron chi connectivity index (χ1n) is 5.96. The van der Waals surface area contributed by atoms with Gasteiger partial charge in [-0.2, -0.15) is 0 Å². The van der Waals surface area contributed by atoms with Crippen LogP contribution in [0.1, 0.15) is 44.1 Å². The van der Waals surface area contributed by atoms with Crippen molar-refractivity contribution in [3.63, 3.8) is 0 Å². The second-order valence-corrected chi connectivity index (χ2v) is 4.00. The first-order valence-corrected chi connectivity index (χ1v) is 5.96. The van der Waals surface area contributed by atoms with Gasteiger partial charge in [-0.3, -0.25) is 0 Å². The first-order chi connectivity index (χ1) is 7.25. The first kappa shape index (κ1) is 12.2. The number of hydrogen-bond donors (Lipinski definition) is 1. The number of likely N-dealkylation sites (tertiary alicyclic amines) is 1. The SMILES string of the molecule is CC.Cc1ncc(C2CCN(C)CC2)[nH]1. The highest BCUT2D eigenvalue weighted by Gasteiger charge is 2.19. The van der Waals surface area contributed by atoms with Gasteiger partial charge in [-0.1, -0.05) is 13.8 Å². The molecule has 1 aromatic rings. The molecule has 3 heteroatoms. The molecule has 2 heterocycles. The molecule has 1 aliphatic heterocycles. The Morgan fingerprint density at radius 3 is 2.40 bits per heavy atom. The molecule has 0 atom stereocenters. The predicted molar refractivity (Wildman–Crippen MR) is 64.1 cm³/mol. The van der Waals surface area contributed by atoms with E-state index in [1.165, 1.54) is 31.6 Å². The number of imidazole rings is 1. The molecular formula is C12H23N3. The molecule has 0 aromatic carbocycles. The topological polar surface area (TPSA) is 31.9 Å². The maximum atomic E-state index is 4.24. The Morgan fingerprint density at radius 2 is 1.93 bits per heavy atom. The number of nitrogens with zero attached hydrogens (tertiary/aromatic N) is 2. The minimum Gasteiger partial charge on any atom is -0.346 e. The summed E-state index contributed by atoms with van der Waals surface area (Å²) in [5.41, 5.74) is 1.32. The zero-order valence-corrected chi connectivity index (χ0v) is 10.4. The Bertz CT molecular complexity index is 272. The van der Waals surface area contributed by atoms with Crippen LogP contribution in [-0.4, -0.2) is 35.0 Å². The van der Waals surface area contributed by atoms with Gasteiger partial charge in [0.15, 0.2) is 0 Å². The maximum Gasteiger partial charge on any atom is 0.103 e. The van der Waals surface area contributed by atoms with Crippen molar-refractivity contribution in [1.82, 2.24) is 14.9 Å². The average Bonchev–Trinajstić information content (AvgIpc) is 2.69. The van der Waals surface area contributed by atoms with Gasteiger partial charge in [-0.25, -0.2) is 4.98 Å². The summed E-state index contributed by atoms with van der Waals surface area (Å²) in [4.78, 5) is 9.96. The number of nitrogens with one attached hydrogen (secondary N) is 1. The molecule has 0 bridgehead atoms. The van der Waals surface area contributed by atoms with Crippen molar-refractivity contribution in [2.24, 2.45) is 0 Å². The van der Waals surface area contributed by atoms with Gasteiger partial charge in [-0.15, -0.1) is 0 Å². The van der Waals surface area contributed by atoms with Crippen molar-refractivity contribution in [3.8, 4) is 0 Å². The van der Waals surface area contributed by atoms with Crippen LogP contribution in [0.25, 0.3) is 0 Å². The van der Waals surface area contributed by atoms with Gasteiger partial charge in [0.25, 0.3) is 0 Å². The summed E-state index contributed by atoms with van der Waals surface area (Å²) in [5, 5.41) is 0. The minimum absolute atomic E-state index is 0.706. The molecule has 0 spiro atoms. The zero-order chi connectivity index (χ0) is 11.3. The molecule has 1 N–H and O–H groups in total. The van der Waals surface area contributed by atoms with E-state index in [-0.39, 0.29) is 0 Å². The summed E-state index contributed by atoms with van der Waals surface area (Å²) >= 11 is 0. The molecule has 1 aromatic heterocycles. The van der Waals surface area contributed by atoms with Crippen LogP contribution in [0.5, 0.6) is 0 Å². The second-order valence-electron chi connectivity index (χ2n) is 4.00. The lowest BCUT2D eigenvalue weighted by Gasteiger charge is -2.28. The fraction of sp³-hybridized carbons (Fsp3) is 0.750. The monoisotopic (exact) mass is 209 g/mol. The summed E-state index contributed by atoms with van der Waals surface area (Å²) in [6, 6.07) is 0. The average molecular weight is 209 g/mol. The molecule has 15 heavy (non-hydrogen) atoms. The molecule has 1 fully saturated rings.